The minimum Gasteiger partial charge on any atom is -0.493 e. The Labute approximate surface area is 145 Å². The fraction of sp³-hybridized carbons (Fsp3) is 0.188. The molecule has 0 amide bonds. The molecule has 0 fully saturated rings. The van der Waals surface area contributed by atoms with Crippen LogP contribution in [0.4, 0.5) is 0 Å². The summed E-state index contributed by atoms with van der Waals surface area (Å²) in [6.07, 6.45) is 0.768. The second-order valence-corrected chi connectivity index (χ2v) is 6.07. The van der Waals surface area contributed by atoms with Crippen molar-refractivity contribution in [1.82, 2.24) is 0 Å². The third-order valence-electron chi connectivity index (χ3n) is 3.05. The number of carbonyl (C=O) groups is 1. The van der Waals surface area contributed by atoms with Crippen molar-refractivity contribution in [3.05, 3.63) is 50.4 Å². The van der Waals surface area contributed by atoms with E-state index in [1.807, 2.05) is 18.2 Å². The molecule has 22 heavy (non-hydrogen) atoms. The Morgan fingerprint density at radius 2 is 1.77 bits per heavy atom. The van der Waals surface area contributed by atoms with Crippen LogP contribution in [-0.4, -0.2) is 20.5 Å². The van der Waals surface area contributed by atoms with Gasteiger partial charge in [-0.15, -0.1) is 0 Å². The summed E-state index contributed by atoms with van der Waals surface area (Å²) in [5, 5.41) is 0. The standard InChI is InChI=1S/C16H14Br2O4/c1-20-14-5-3-10(15(18)16(14)21-2)9-22-13-6-4-12(17)7-11(13)8-19/h3-8H,9H2,1-2H3. The van der Waals surface area contributed by atoms with E-state index in [4.69, 9.17) is 14.2 Å². The number of hydrogen-bond acceptors (Lipinski definition) is 4. The number of halogens is 2. The first-order valence-electron chi connectivity index (χ1n) is 6.37. The molecule has 0 radical (unpaired) electrons. The van der Waals surface area contributed by atoms with Crippen LogP contribution in [0.25, 0.3) is 0 Å². The van der Waals surface area contributed by atoms with Crippen LogP contribution in [0.5, 0.6) is 17.2 Å². The van der Waals surface area contributed by atoms with Gasteiger partial charge >= 0.3 is 0 Å². The lowest BCUT2D eigenvalue weighted by atomic mass is 10.2. The van der Waals surface area contributed by atoms with Crippen LogP contribution in [-0.2, 0) is 6.61 Å². The van der Waals surface area contributed by atoms with Crippen molar-refractivity contribution in [2.75, 3.05) is 14.2 Å². The van der Waals surface area contributed by atoms with Gasteiger partial charge < -0.3 is 14.2 Å². The Morgan fingerprint density at radius 1 is 1.05 bits per heavy atom. The molecule has 116 valence electrons. The third kappa shape index (κ3) is 3.62. The van der Waals surface area contributed by atoms with Gasteiger partial charge in [0.25, 0.3) is 0 Å². The van der Waals surface area contributed by atoms with Gasteiger partial charge in [0.2, 0.25) is 0 Å². The minimum atomic E-state index is 0.295. The summed E-state index contributed by atoms with van der Waals surface area (Å²) in [5.41, 5.74) is 1.38. The molecule has 0 N–H and O–H groups in total. The number of aldehydes is 1. The zero-order valence-corrected chi connectivity index (χ0v) is 15.2. The van der Waals surface area contributed by atoms with Gasteiger partial charge in [-0.25, -0.2) is 0 Å². The van der Waals surface area contributed by atoms with E-state index in [2.05, 4.69) is 31.9 Å². The highest BCUT2D eigenvalue weighted by Gasteiger charge is 2.13. The molecular weight excluding hydrogens is 416 g/mol. The molecule has 0 aliphatic heterocycles. The number of ether oxygens (including phenoxy) is 3. The summed E-state index contributed by atoms with van der Waals surface area (Å²) in [6.45, 7) is 0.295. The first kappa shape index (κ1) is 16.8. The lowest BCUT2D eigenvalue weighted by molar-refractivity contribution is 0.111. The number of methoxy groups -OCH3 is 2. The van der Waals surface area contributed by atoms with Gasteiger partial charge in [-0.05, 0) is 40.2 Å². The second kappa shape index (κ2) is 7.65. The zero-order chi connectivity index (χ0) is 16.1. The molecule has 0 saturated carbocycles. The smallest absolute Gasteiger partial charge is 0.175 e. The predicted octanol–water partition coefficient (Wildman–Crippen LogP) is 4.62. The van der Waals surface area contributed by atoms with Crippen molar-refractivity contribution in [2.24, 2.45) is 0 Å². The summed E-state index contributed by atoms with van der Waals surface area (Å²) in [6, 6.07) is 8.98. The third-order valence-corrected chi connectivity index (χ3v) is 4.41. The van der Waals surface area contributed by atoms with Crippen LogP contribution >= 0.6 is 31.9 Å². The Morgan fingerprint density at radius 3 is 2.41 bits per heavy atom. The van der Waals surface area contributed by atoms with Gasteiger partial charge in [0.15, 0.2) is 17.8 Å². The van der Waals surface area contributed by atoms with E-state index < -0.39 is 0 Å². The maximum atomic E-state index is 11.1. The Bertz CT molecular complexity index is 686. The summed E-state index contributed by atoms with van der Waals surface area (Å²) >= 11 is 6.82. The highest BCUT2D eigenvalue weighted by atomic mass is 79.9. The molecule has 2 aromatic rings. The van der Waals surface area contributed by atoms with Crippen molar-refractivity contribution >= 4 is 38.1 Å². The van der Waals surface area contributed by atoms with Crippen molar-refractivity contribution in [2.45, 2.75) is 6.61 Å². The molecule has 4 nitrogen and oxygen atoms in total. The summed E-state index contributed by atoms with van der Waals surface area (Å²) in [4.78, 5) is 11.1. The average molecular weight is 430 g/mol. The fourth-order valence-corrected chi connectivity index (χ4v) is 2.92. The lowest BCUT2D eigenvalue weighted by Gasteiger charge is -2.14. The van der Waals surface area contributed by atoms with Gasteiger partial charge in [0.05, 0.1) is 24.3 Å². The van der Waals surface area contributed by atoms with E-state index in [0.29, 0.717) is 29.4 Å². The lowest BCUT2D eigenvalue weighted by Crippen LogP contribution is -2.01. The van der Waals surface area contributed by atoms with Gasteiger partial charge in [-0.3, -0.25) is 4.79 Å². The van der Waals surface area contributed by atoms with Crippen LogP contribution in [0, 0.1) is 0 Å². The fourth-order valence-electron chi connectivity index (χ4n) is 1.94. The number of carbonyl (C=O) groups excluding carboxylic acids is 1. The molecule has 0 bridgehead atoms. The van der Waals surface area contributed by atoms with Crippen LogP contribution in [0.2, 0.25) is 0 Å². The highest BCUT2D eigenvalue weighted by Crippen LogP contribution is 2.38. The number of rotatable bonds is 6. The maximum Gasteiger partial charge on any atom is 0.175 e. The van der Waals surface area contributed by atoms with E-state index in [1.165, 1.54) is 0 Å². The van der Waals surface area contributed by atoms with Crippen LogP contribution in [0.1, 0.15) is 15.9 Å². The van der Waals surface area contributed by atoms with Gasteiger partial charge in [-0.1, -0.05) is 22.0 Å². The number of benzene rings is 2. The molecule has 0 atom stereocenters. The molecule has 6 heteroatoms. The van der Waals surface area contributed by atoms with E-state index in [1.54, 1.807) is 26.4 Å². The predicted molar refractivity (Wildman–Crippen MR) is 91.1 cm³/mol. The molecule has 0 aliphatic rings. The second-order valence-electron chi connectivity index (χ2n) is 4.36. The van der Waals surface area contributed by atoms with E-state index in [-0.39, 0.29) is 0 Å². The van der Waals surface area contributed by atoms with Gasteiger partial charge in [0, 0.05) is 10.0 Å². The molecule has 0 unspecified atom stereocenters. The monoisotopic (exact) mass is 428 g/mol. The molecular formula is C16H14Br2O4. The quantitative estimate of drug-likeness (QED) is 0.628. The first-order valence-corrected chi connectivity index (χ1v) is 7.96. The average Bonchev–Trinajstić information content (AvgIpc) is 2.54. The van der Waals surface area contributed by atoms with Crippen LogP contribution < -0.4 is 14.2 Å². The normalized spacial score (nSPS) is 10.2. The molecule has 2 aromatic carbocycles. The molecule has 2 rings (SSSR count). The molecule has 0 heterocycles. The highest BCUT2D eigenvalue weighted by molar-refractivity contribution is 9.10. The SMILES string of the molecule is COc1ccc(COc2ccc(Br)cc2C=O)c(Br)c1OC. The number of hydrogen-bond donors (Lipinski definition) is 0. The first-order chi connectivity index (χ1) is 10.6. The molecule has 0 aromatic heterocycles. The summed E-state index contributed by atoms with van der Waals surface area (Å²) < 4.78 is 17.9. The summed E-state index contributed by atoms with van der Waals surface area (Å²) in [5.74, 6) is 1.77. The Kier molecular flexibility index (Phi) is 5.85. The van der Waals surface area contributed by atoms with E-state index in [0.717, 1.165) is 20.8 Å². The van der Waals surface area contributed by atoms with Crippen molar-refractivity contribution in [1.29, 1.82) is 0 Å². The maximum absolute atomic E-state index is 11.1. The Hall–Kier alpha value is -1.53. The van der Waals surface area contributed by atoms with Gasteiger partial charge in [-0.2, -0.15) is 0 Å². The van der Waals surface area contributed by atoms with Crippen LogP contribution in [0.15, 0.2) is 39.3 Å². The molecule has 0 aliphatic carbocycles. The molecule has 0 spiro atoms. The van der Waals surface area contributed by atoms with Gasteiger partial charge in [0.1, 0.15) is 12.4 Å². The molecule has 0 saturated heterocycles. The largest absolute Gasteiger partial charge is 0.493 e. The minimum absolute atomic E-state index is 0.295. The van der Waals surface area contributed by atoms with E-state index >= 15 is 0 Å². The van der Waals surface area contributed by atoms with Crippen molar-refractivity contribution in [3.63, 3.8) is 0 Å². The van der Waals surface area contributed by atoms with Crippen molar-refractivity contribution in [3.8, 4) is 17.2 Å². The topological polar surface area (TPSA) is 44.8 Å². The van der Waals surface area contributed by atoms with Crippen LogP contribution in [0.3, 0.4) is 0 Å². The zero-order valence-electron chi connectivity index (χ0n) is 12.1. The van der Waals surface area contributed by atoms with Crippen molar-refractivity contribution < 1.29 is 19.0 Å². The van der Waals surface area contributed by atoms with E-state index in [9.17, 15) is 4.79 Å². The summed E-state index contributed by atoms with van der Waals surface area (Å²) in [7, 11) is 3.16. The Balaban J connectivity index is 2.24.